The summed E-state index contributed by atoms with van der Waals surface area (Å²) in [5, 5.41) is 10.7. The topological polar surface area (TPSA) is 75.1 Å². The van der Waals surface area contributed by atoms with Gasteiger partial charge in [-0.15, -0.1) is 0 Å². The fourth-order valence-corrected chi connectivity index (χ4v) is 3.48. The Morgan fingerprint density at radius 3 is 2.70 bits per heavy atom. The lowest BCUT2D eigenvalue weighted by atomic mass is 10.0. The summed E-state index contributed by atoms with van der Waals surface area (Å²) in [6.45, 7) is 9.91. The molecule has 7 nitrogen and oxygen atoms in total. The summed E-state index contributed by atoms with van der Waals surface area (Å²) in [5.74, 6) is 0.317. The molecule has 33 heavy (non-hydrogen) atoms. The maximum absolute atomic E-state index is 12.6. The quantitative estimate of drug-likeness (QED) is 0.599. The first-order valence-electron chi connectivity index (χ1n) is 10.9. The monoisotopic (exact) mass is 444 g/mol. The number of anilines is 1. The summed E-state index contributed by atoms with van der Waals surface area (Å²) in [7, 11) is 4.04. The predicted molar refractivity (Wildman–Crippen MR) is 135 cm³/mol. The molecule has 3 heterocycles. The van der Waals surface area contributed by atoms with Crippen LogP contribution in [-0.4, -0.2) is 45.8 Å². The van der Waals surface area contributed by atoms with Crippen LogP contribution in [0.1, 0.15) is 30.7 Å². The minimum absolute atomic E-state index is 0.101. The third-order valence-corrected chi connectivity index (χ3v) is 5.09. The number of likely N-dealkylation sites (N-methyl/N-ethyl adjacent to an activating group) is 1. The van der Waals surface area contributed by atoms with Gasteiger partial charge in [0.05, 0.1) is 11.9 Å². The standard InChI is InChI=1S/C26H32N6O/c1-7-8-20(13-18(2)3)23-16-32(30-19(23)4)17-26(33)29-24-11-9-21(14-27-24)22-10-12-25(28-15-22)31(5)6/h7-16,25,28H,1,17H2,2-6H3,(H,27,29,33)/b20-8+. The fourth-order valence-electron chi connectivity index (χ4n) is 3.48. The zero-order valence-corrected chi connectivity index (χ0v) is 20.0. The Bertz CT molecular complexity index is 1130. The Kier molecular flexibility index (Phi) is 7.79. The van der Waals surface area contributed by atoms with Gasteiger partial charge in [-0.1, -0.05) is 36.5 Å². The second kappa shape index (κ2) is 10.7. The molecule has 7 heteroatoms. The number of amides is 1. The maximum Gasteiger partial charge on any atom is 0.247 e. The second-order valence-corrected chi connectivity index (χ2v) is 8.42. The van der Waals surface area contributed by atoms with Crippen LogP contribution in [0.4, 0.5) is 5.82 Å². The van der Waals surface area contributed by atoms with Crippen LogP contribution in [0.25, 0.3) is 11.1 Å². The highest BCUT2D eigenvalue weighted by Crippen LogP contribution is 2.22. The van der Waals surface area contributed by atoms with Crippen molar-refractivity contribution >= 4 is 22.9 Å². The van der Waals surface area contributed by atoms with Gasteiger partial charge in [0.25, 0.3) is 0 Å². The molecule has 0 saturated heterocycles. The minimum atomic E-state index is -0.187. The van der Waals surface area contributed by atoms with Gasteiger partial charge < -0.3 is 10.6 Å². The third-order valence-electron chi connectivity index (χ3n) is 5.09. The summed E-state index contributed by atoms with van der Waals surface area (Å²) in [5.41, 5.74) is 6.04. The summed E-state index contributed by atoms with van der Waals surface area (Å²) in [6, 6.07) is 3.75. The van der Waals surface area contributed by atoms with E-state index in [4.69, 9.17) is 0 Å². The Labute approximate surface area is 195 Å². The van der Waals surface area contributed by atoms with E-state index in [-0.39, 0.29) is 18.6 Å². The molecule has 0 aromatic carbocycles. The van der Waals surface area contributed by atoms with Crippen molar-refractivity contribution in [3.8, 4) is 0 Å². The third kappa shape index (κ3) is 6.40. The molecule has 0 spiro atoms. The van der Waals surface area contributed by atoms with Crippen molar-refractivity contribution in [3.05, 3.63) is 90.1 Å². The van der Waals surface area contributed by atoms with Gasteiger partial charge in [-0.25, -0.2) is 4.98 Å². The first-order valence-corrected chi connectivity index (χ1v) is 10.9. The number of allylic oxidation sites excluding steroid dienone is 7. The number of aryl methyl sites for hydroxylation is 1. The zero-order valence-electron chi connectivity index (χ0n) is 20.0. The van der Waals surface area contributed by atoms with E-state index >= 15 is 0 Å². The lowest BCUT2D eigenvalue weighted by Gasteiger charge is -2.24. The maximum atomic E-state index is 12.6. The normalized spacial score (nSPS) is 15.6. The second-order valence-electron chi connectivity index (χ2n) is 8.42. The first kappa shape index (κ1) is 23.9. The van der Waals surface area contributed by atoms with E-state index < -0.39 is 0 Å². The number of aromatic nitrogens is 3. The van der Waals surface area contributed by atoms with Crippen molar-refractivity contribution in [2.45, 2.75) is 33.5 Å². The molecule has 1 aliphatic rings. The summed E-state index contributed by atoms with van der Waals surface area (Å²) >= 11 is 0. The Hall–Kier alpha value is -3.71. The smallest absolute Gasteiger partial charge is 0.247 e. The van der Waals surface area contributed by atoms with Gasteiger partial charge in [-0.3, -0.25) is 14.4 Å². The van der Waals surface area contributed by atoms with Crippen LogP contribution in [0.3, 0.4) is 0 Å². The number of carbonyl (C=O) groups excluding carboxylic acids is 1. The Morgan fingerprint density at radius 2 is 2.12 bits per heavy atom. The average molecular weight is 445 g/mol. The van der Waals surface area contributed by atoms with Gasteiger partial charge >= 0.3 is 0 Å². The van der Waals surface area contributed by atoms with E-state index in [1.54, 1.807) is 23.0 Å². The van der Waals surface area contributed by atoms with Gasteiger partial charge in [0.1, 0.15) is 12.4 Å². The number of carbonyl (C=O) groups is 1. The van der Waals surface area contributed by atoms with Crippen molar-refractivity contribution < 1.29 is 4.79 Å². The molecule has 3 rings (SSSR count). The Morgan fingerprint density at radius 1 is 1.33 bits per heavy atom. The zero-order chi connectivity index (χ0) is 24.0. The molecule has 2 N–H and O–H groups in total. The van der Waals surface area contributed by atoms with E-state index in [1.807, 2.05) is 59.4 Å². The number of dihydropyridines is 1. The lowest BCUT2D eigenvalue weighted by Crippen LogP contribution is -2.38. The molecule has 2 aromatic rings. The molecule has 0 aliphatic carbocycles. The SMILES string of the molecule is C=C/C=C(\C=C(C)C)c1cn(CC(=O)Nc2ccc(C3=CNC(N(C)C)C=C3)cn2)nc1C. The largest absolute Gasteiger partial charge is 0.372 e. The molecule has 0 radical (unpaired) electrons. The van der Waals surface area contributed by atoms with Crippen LogP contribution in [0, 0.1) is 6.92 Å². The van der Waals surface area contributed by atoms with Crippen LogP contribution >= 0.6 is 0 Å². The van der Waals surface area contributed by atoms with Crippen LogP contribution in [0.2, 0.25) is 0 Å². The number of rotatable bonds is 8. The number of pyridine rings is 1. The van der Waals surface area contributed by atoms with E-state index in [9.17, 15) is 4.79 Å². The van der Waals surface area contributed by atoms with Crippen LogP contribution in [0.5, 0.6) is 0 Å². The van der Waals surface area contributed by atoms with Crippen molar-refractivity contribution in [1.82, 2.24) is 25.0 Å². The molecule has 1 aliphatic heterocycles. The first-order chi connectivity index (χ1) is 15.8. The summed E-state index contributed by atoms with van der Waals surface area (Å²) in [6.07, 6.45) is 15.7. The fraction of sp³-hybridized carbons (Fsp3) is 0.269. The van der Waals surface area contributed by atoms with E-state index in [2.05, 4.69) is 50.4 Å². The molecular weight excluding hydrogens is 412 g/mol. The van der Waals surface area contributed by atoms with Crippen LogP contribution in [-0.2, 0) is 11.3 Å². The number of hydrogen-bond acceptors (Lipinski definition) is 5. The Balaban J connectivity index is 1.64. The van der Waals surface area contributed by atoms with Gasteiger partial charge in [-0.05, 0) is 64.2 Å². The molecule has 0 bridgehead atoms. The lowest BCUT2D eigenvalue weighted by molar-refractivity contribution is -0.116. The summed E-state index contributed by atoms with van der Waals surface area (Å²) in [4.78, 5) is 19.1. The van der Waals surface area contributed by atoms with E-state index in [0.717, 1.165) is 28.0 Å². The van der Waals surface area contributed by atoms with Gasteiger partial charge in [0.2, 0.25) is 5.91 Å². The highest BCUT2D eigenvalue weighted by molar-refractivity contribution is 5.90. The van der Waals surface area contributed by atoms with Crippen molar-refractivity contribution in [2.75, 3.05) is 19.4 Å². The highest BCUT2D eigenvalue weighted by atomic mass is 16.2. The highest BCUT2D eigenvalue weighted by Gasteiger charge is 2.13. The van der Waals surface area contributed by atoms with Crippen LogP contribution in [0.15, 0.2) is 73.3 Å². The number of nitrogens with one attached hydrogen (secondary N) is 2. The van der Waals surface area contributed by atoms with Crippen molar-refractivity contribution in [2.24, 2.45) is 0 Å². The van der Waals surface area contributed by atoms with Crippen molar-refractivity contribution in [3.63, 3.8) is 0 Å². The molecule has 172 valence electrons. The van der Waals surface area contributed by atoms with Crippen LogP contribution < -0.4 is 10.6 Å². The van der Waals surface area contributed by atoms with Gasteiger partial charge in [0, 0.05) is 29.7 Å². The predicted octanol–water partition coefficient (Wildman–Crippen LogP) is 4.15. The minimum Gasteiger partial charge on any atom is -0.372 e. The average Bonchev–Trinajstić information content (AvgIpc) is 3.13. The molecule has 0 saturated carbocycles. The molecule has 0 fully saturated rings. The molecule has 2 aromatic heterocycles. The molecular formula is C26H32N6O. The van der Waals surface area contributed by atoms with E-state index in [1.165, 1.54) is 5.57 Å². The molecule has 1 unspecified atom stereocenters. The van der Waals surface area contributed by atoms with Crippen molar-refractivity contribution in [1.29, 1.82) is 0 Å². The molecule has 1 atom stereocenters. The number of hydrogen-bond donors (Lipinski definition) is 2. The molecule has 1 amide bonds. The van der Waals surface area contributed by atoms with Gasteiger partial charge in [-0.2, -0.15) is 5.10 Å². The summed E-state index contributed by atoms with van der Waals surface area (Å²) < 4.78 is 1.65. The van der Waals surface area contributed by atoms with Gasteiger partial charge in [0.15, 0.2) is 0 Å². The number of nitrogens with zero attached hydrogens (tertiary/aromatic N) is 4. The van der Waals surface area contributed by atoms with E-state index in [0.29, 0.717) is 5.82 Å².